The zero-order valence-electron chi connectivity index (χ0n) is 13.7. The summed E-state index contributed by atoms with van der Waals surface area (Å²) in [6.45, 7) is 0.585. The first kappa shape index (κ1) is 16.6. The summed E-state index contributed by atoms with van der Waals surface area (Å²) in [6, 6.07) is 9.10. The molecule has 0 bridgehead atoms. The number of methoxy groups -OCH3 is 1. The summed E-state index contributed by atoms with van der Waals surface area (Å²) in [5.74, 6) is 0.372. The number of H-pyrrole nitrogens is 1. The van der Waals surface area contributed by atoms with Gasteiger partial charge in [-0.2, -0.15) is 0 Å². The molecule has 24 heavy (non-hydrogen) atoms. The van der Waals surface area contributed by atoms with Gasteiger partial charge >= 0.3 is 0 Å². The molecule has 1 aromatic heterocycles. The zero-order valence-corrected chi connectivity index (χ0v) is 13.7. The molecule has 1 fully saturated rings. The number of aromatic nitrogens is 2. The van der Waals surface area contributed by atoms with Gasteiger partial charge in [0.25, 0.3) is 5.91 Å². The topological polar surface area (TPSA) is 87.7 Å². The molecule has 7 nitrogen and oxygen atoms in total. The van der Waals surface area contributed by atoms with E-state index in [0.29, 0.717) is 18.1 Å². The molecule has 1 saturated heterocycles. The Morgan fingerprint density at radius 1 is 1.38 bits per heavy atom. The molecule has 1 aromatic carbocycles. The van der Waals surface area contributed by atoms with Crippen LogP contribution < -0.4 is 0 Å². The van der Waals surface area contributed by atoms with Gasteiger partial charge < -0.3 is 24.5 Å². The van der Waals surface area contributed by atoms with Gasteiger partial charge in [0.2, 0.25) is 0 Å². The van der Waals surface area contributed by atoms with Crippen molar-refractivity contribution < 1.29 is 19.4 Å². The molecule has 0 aliphatic carbocycles. The first-order valence-corrected chi connectivity index (χ1v) is 7.78. The van der Waals surface area contributed by atoms with Crippen LogP contribution in [0, 0.1) is 0 Å². The van der Waals surface area contributed by atoms with E-state index in [2.05, 4.69) is 9.97 Å². The molecular weight excluding hydrogens is 310 g/mol. The van der Waals surface area contributed by atoms with E-state index >= 15 is 0 Å². The van der Waals surface area contributed by atoms with Crippen molar-refractivity contribution in [3.63, 3.8) is 0 Å². The molecule has 1 aliphatic rings. The van der Waals surface area contributed by atoms with E-state index in [1.807, 2.05) is 30.3 Å². The summed E-state index contributed by atoms with van der Waals surface area (Å²) in [7, 11) is 3.16. The molecule has 0 unspecified atom stereocenters. The van der Waals surface area contributed by atoms with Crippen LogP contribution in [0.1, 0.15) is 10.5 Å². The number of amides is 1. The molecule has 2 heterocycles. The molecule has 3 atom stereocenters. The lowest BCUT2D eigenvalue weighted by atomic mass is 10.0. The van der Waals surface area contributed by atoms with Crippen LogP contribution in [0.25, 0.3) is 11.4 Å². The average molecular weight is 331 g/mol. The van der Waals surface area contributed by atoms with Crippen LogP contribution in [0.15, 0.2) is 36.5 Å². The quantitative estimate of drug-likeness (QED) is 0.870. The largest absolute Gasteiger partial charge is 0.388 e. The van der Waals surface area contributed by atoms with Gasteiger partial charge in [-0.15, -0.1) is 0 Å². The maximum absolute atomic E-state index is 12.7. The number of aliphatic hydroxyl groups excluding tert-OH is 1. The van der Waals surface area contributed by atoms with Crippen molar-refractivity contribution in [1.82, 2.24) is 14.9 Å². The van der Waals surface area contributed by atoms with Crippen LogP contribution in [-0.2, 0) is 9.47 Å². The van der Waals surface area contributed by atoms with Gasteiger partial charge in [-0.25, -0.2) is 4.98 Å². The first-order valence-electron chi connectivity index (χ1n) is 7.78. The van der Waals surface area contributed by atoms with Gasteiger partial charge in [0.15, 0.2) is 0 Å². The number of carbonyl (C=O) groups is 1. The number of aromatic amines is 1. The van der Waals surface area contributed by atoms with Crippen molar-refractivity contribution in [3.8, 4) is 11.4 Å². The lowest BCUT2D eigenvalue weighted by molar-refractivity contribution is -0.135. The zero-order chi connectivity index (χ0) is 17.1. The summed E-state index contributed by atoms with van der Waals surface area (Å²) in [5, 5.41) is 10.4. The minimum absolute atomic E-state index is 0.255. The third kappa shape index (κ3) is 3.19. The van der Waals surface area contributed by atoms with E-state index in [4.69, 9.17) is 9.47 Å². The second-order valence-electron chi connectivity index (χ2n) is 5.80. The molecule has 0 radical (unpaired) electrons. The second-order valence-corrected chi connectivity index (χ2v) is 5.80. The highest BCUT2D eigenvalue weighted by molar-refractivity contribution is 5.92. The number of rotatable bonds is 4. The Kier molecular flexibility index (Phi) is 4.94. The van der Waals surface area contributed by atoms with Crippen LogP contribution in [0.3, 0.4) is 0 Å². The number of likely N-dealkylation sites (N-methyl/N-ethyl adjacent to an activating group) is 1. The van der Waals surface area contributed by atoms with Crippen molar-refractivity contribution in [2.75, 3.05) is 27.4 Å². The summed E-state index contributed by atoms with van der Waals surface area (Å²) in [6.07, 6.45) is 0.264. The van der Waals surface area contributed by atoms with Crippen molar-refractivity contribution >= 4 is 5.91 Å². The molecule has 0 saturated carbocycles. The molecule has 0 spiro atoms. The highest BCUT2D eigenvalue weighted by atomic mass is 16.5. The number of imidazole rings is 1. The van der Waals surface area contributed by atoms with Gasteiger partial charge in [-0.3, -0.25) is 4.79 Å². The second kappa shape index (κ2) is 7.12. The van der Waals surface area contributed by atoms with E-state index in [1.165, 1.54) is 18.2 Å². The van der Waals surface area contributed by atoms with Crippen molar-refractivity contribution in [2.45, 2.75) is 18.2 Å². The predicted octanol–water partition coefficient (Wildman–Crippen LogP) is 0.923. The smallest absolute Gasteiger partial charge is 0.272 e. The highest BCUT2D eigenvalue weighted by Gasteiger charge is 2.37. The minimum atomic E-state index is -0.797. The Morgan fingerprint density at radius 2 is 2.12 bits per heavy atom. The Balaban J connectivity index is 1.75. The summed E-state index contributed by atoms with van der Waals surface area (Å²) >= 11 is 0. The maximum atomic E-state index is 12.7. The fraction of sp³-hybridized carbons (Fsp3) is 0.412. The molecular formula is C17H21N3O4. The number of nitrogens with zero attached hydrogens (tertiary/aromatic N) is 2. The van der Waals surface area contributed by atoms with Crippen LogP contribution >= 0.6 is 0 Å². The van der Waals surface area contributed by atoms with Gasteiger partial charge in [-0.1, -0.05) is 30.3 Å². The molecule has 2 aromatic rings. The SMILES string of the molecule is CO[C@@H]1COC[C@@H](N(C)C(=O)c2cnc(-c3ccccc3)[nH]2)[C@@H]1O. The Hall–Kier alpha value is -2.22. The number of hydrogen-bond acceptors (Lipinski definition) is 5. The van der Waals surface area contributed by atoms with E-state index in [9.17, 15) is 9.90 Å². The monoisotopic (exact) mass is 331 g/mol. The van der Waals surface area contributed by atoms with Crippen LogP contribution in [0.5, 0.6) is 0 Å². The minimum Gasteiger partial charge on any atom is -0.388 e. The number of hydrogen-bond donors (Lipinski definition) is 2. The van der Waals surface area contributed by atoms with E-state index < -0.39 is 18.2 Å². The van der Waals surface area contributed by atoms with Crippen LogP contribution in [0.2, 0.25) is 0 Å². The third-order valence-corrected chi connectivity index (χ3v) is 4.32. The first-order chi connectivity index (χ1) is 11.6. The van der Waals surface area contributed by atoms with E-state index in [0.717, 1.165) is 5.56 Å². The van der Waals surface area contributed by atoms with Crippen LogP contribution in [-0.4, -0.2) is 71.5 Å². The molecule has 7 heteroatoms. The number of nitrogens with one attached hydrogen (secondary N) is 1. The number of carbonyl (C=O) groups excluding carboxylic acids is 1. The lowest BCUT2D eigenvalue weighted by Gasteiger charge is -2.38. The highest BCUT2D eigenvalue weighted by Crippen LogP contribution is 2.19. The number of aliphatic hydroxyl groups is 1. The Bertz CT molecular complexity index is 688. The summed E-state index contributed by atoms with van der Waals surface area (Å²) < 4.78 is 10.6. The molecule has 3 rings (SSSR count). The van der Waals surface area contributed by atoms with E-state index in [1.54, 1.807) is 7.05 Å². The Morgan fingerprint density at radius 3 is 2.83 bits per heavy atom. The molecule has 1 aliphatic heterocycles. The molecule has 128 valence electrons. The fourth-order valence-electron chi connectivity index (χ4n) is 2.81. The van der Waals surface area contributed by atoms with Gasteiger partial charge in [-0.05, 0) is 0 Å². The summed E-state index contributed by atoms with van der Waals surface area (Å²) in [4.78, 5) is 21.4. The van der Waals surface area contributed by atoms with Gasteiger partial charge in [0, 0.05) is 19.7 Å². The fourth-order valence-corrected chi connectivity index (χ4v) is 2.81. The van der Waals surface area contributed by atoms with Crippen molar-refractivity contribution in [1.29, 1.82) is 0 Å². The maximum Gasteiger partial charge on any atom is 0.272 e. The molecule has 1 amide bonds. The van der Waals surface area contributed by atoms with Crippen molar-refractivity contribution in [3.05, 3.63) is 42.2 Å². The number of benzene rings is 1. The van der Waals surface area contributed by atoms with E-state index in [-0.39, 0.29) is 12.5 Å². The normalized spacial score (nSPS) is 23.9. The molecule has 2 N–H and O–H groups in total. The van der Waals surface area contributed by atoms with Gasteiger partial charge in [0.1, 0.15) is 23.7 Å². The van der Waals surface area contributed by atoms with Gasteiger partial charge in [0.05, 0.1) is 25.5 Å². The Labute approximate surface area is 140 Å². The standard InChI is InChI=1S/C17H21N3O4/c1-20(13-9-24-10-14(23-2)15(13)21)17(22)12-8-18-16(19-12)11-6-4-3-5-7-11/h3-8,13-15,21H,9-10H2,1-2H3,(H,18,19)/t13-,14-,15+/m1/s1. The third-order valence-electron chi connectivity index (χ3n) is 4.32. The average Bonchev–Trinajstić information content (AvgIpc) is 3.11. The van der Waals surface area contributed by atoms with Crippen LogP contribution in [0.4, 0.5) is 0 Å². The predicted molar refractivity (Wildman–Crippen MR) is 87.5 cm³/mol. The summed E-state index contributed by atoms with van der Waals surface area (Å²) in [5.41, 5.74) is 1.27. The number of ether oxygens (including phenoxy) is 2. The van der Waals surface area contributed by atoms with Crippen molar-refractivity contribution in [2.24, 2.45) is 0 Å². The lowest BCUT2D eigenvalue weighted by Crippen LogP contribution is -2.56.